The highest BCUT2D eigenvalue weighted by atomic mass is 28.4. The molecule has 0 bridgehead atoms. The van der Waals surface area contributed by atoms with Gasteiger partial charge in [-0.25, -0.2) is 0 Å². The first-order valence-corrected chi connectivity index (χ1v) is 9.48. The Bertz CT molecular complexity index is 315. The van der Waals surface area contributed by atoms with Crippen LogP contribution in [0.3, 0.4) is 0 Å². The summed E-state index contributed by atoms with van der Waals surface area (Å²) < 4.78 is 22.4. The van der Waals surface area contributed by atoms with Gasteiger partial charge in [-0.05, 0) is 18.9 Å². The van der Waals surface area contributed by atoms with E-state index < -0.39 is 15.1 Å². The van der Waals surface area contributed by atoms with Crippen molar-refractivity contribution in [3.8, 4) is 0 Å². The fourth-order valence-electron chi connectivity index (χ4n) is 1.82. The van der Waals surface area contributed by atoms with Crippen LogP contribution in [0.1, 0.15) is 46.5 Å². The number of rotatable bonds is 13. The number of unbranched alkanes of at least 4 members (excludes halogenated alkanes) is 2. The van der Waals surface area contributed by atoms with Crippen molar-refractivity contribution in [1.29, 1.82) is 0 Å². The van der Waals surface area contributed by atoms with Crippen LogP contribution >= 0.6 is 0 Å². The number of ether oxygens (including phenoxy) is 1. The smallest absolute Gasteiger partial charge is 0.377 e. The molecule has 5 nitrogen and oxygen atoms in total. The van der Waals surface area contributed by atoms with E-state index in [-0.39, 0.29) is 5.78 Å². The molecule has 0 amide bonds. The molecule has 1 unspecified atom stereocenters. The van der Waals surface area contributed by atoms with E-state index in [2.05, 4.69) is 13.5 Å². The molecule has 0 fully saturated rings. The Hall–Kier alpha value is -0.533. The Labute approximate surface area is 130 Å². The zero-order chi connectivity index (χ0) is 16.3. The van der Waals surface area contributed by atoms with E-state index in [0.717, 1.165) is 25.7 Å². The highest BCUT2D eigenvalue weighted by molar-refractivity contribution is 6.60. The monoisotopic (exact) mass is 318 g/mol. The second-order valence-corrected chi connectivity index (χ2v) is 7.93. The van der Waals surface area contributed by atoms with Crippen LogP contribution < -0.4 is 0 Å². The van der Waals surface area contributed by atoms with Crippen molar-refractivity contribution in [2.45, 2.75) is 58.8 Å². The van der Waals surface area contributed by atoms with E-state index >= 15 is 0 Å². The first-order valence-electron chi connectivity index (χ1n) is 7.55. The van der Waals surface area contributed by atoms with Gasteiger partial charge in [0.15, 0.2) is 0 Å². The van der Waals surface area contributed by atoms with Crippen molar-refractivity contribution in [1.82, 2.24) is 0 Å². The minimum Gasteiger partial charge on any atom is -0.377 e. The molecule has 0 aromatic rings. The molecule has 1 atom stereocenters. The molecule has 0 heterocycles. The van der Waals surface area contributed by atoms with Gasteiger partial charge in [0.05, 0.1) is 6.61 Å². The van der Waals surface area contributed by atoms with Crippen LogP contribution in [-0.2, 0) is 22.8 Å². The molecule has 124 valence electrons. The van der Waals surface area contributed by atoms with Crippen LogP contribution in [0.4, 0.5) is 0 Å². The van der Waals surface area contributed by atoms with Crippen LogP contribution in [0.5, 0.6) is 0 Å². The van der Waals surface area contributed by atoms with E-state index in [0.29, 0.717) is 18.2 Å². The van der Waals surface area contributed by atoms with Gasteiger partial charge in [0.1, 0.15) is 0 Å². The Balaban J connectivity index is 4.84. The molecule has 0 aromatic heterocycles. The summed E-state index contributed by atoms with van der Waals surface area (Å²) >= 11 is 0. The third-order valence-electron chi connectivity index (χ3n) is 3.12. The SMILES string of the molecule is C=C(C)C(=O)C(OCCCCC)O[Si](CCC)(OC)OC. The van der Waals surface area contributed by atoms with E-state index in [4.69, 9.17) is 18.0 Å². The normalized spacial score (nSPS) is 13.2. The Morgan fingerprint density at radius 3 is 2.19 bits per heavy atom. The van der Waals surface area contributed by atoms with Gasteiger partial charge in [-0.15, -0.1) is 0 Å². The quantitative estimate of drug-likeness (QED) is 0.226. The van der Waals surface area contributed by atoms with E-state index in [1.807, 2.05) is 6.92 Å². The van der Waals surface area contributed by atoms with Crippen LogP contribution in [0.2, 0.25) is 6.04 Å². The lowest BCUT2D eigenvalue weighted by molar-refractivity contribution is -0.155. The zero-order valence-corrected chi connectivity index (χ0v) is 15.1. The number of ketones is 1. The van der Waals surface area contributed by atoms with Gasteiger partial charge in [0, 0.05) is 20.3 Å². The Morgan fingerprint density at radius 2 is 1.76 bits per heavy atom. The molecule has 0 aliphatic heterocycles. The molecule has 0 saturated heterocycles. The van der Waals surface area contributed by atoms with Crippen LogP contribution in [0, 0.1) is 0 Å². The topological polar surface area (TPSA) is 54.0 Å². The molecule has 0 radical (unpaired) electrons. The molecule has 21 heavy (non-hydrogen) atoms. The fourth-order valence-corrected chi connectivity index (χ4v) is 3.82. The number of hydrogen-bond donors (Lipinski definition) is 0. The van der Waals surface area contributed by atoms with Crippen LogP contribution in [-0.4, -0.2) is 41.7 Å². The number of Topliss-reactive ketones (excluding diaryl/α,β-unsaturated/α-hetero) is 1. The van der Waals surface area contributed by atoms with Gasteiger partial charge < -0.3 is 18.0 Å². The second-order valence-electron chi connectivity index (χ2n) is 5.01. The molecule has 0 rings (SSSR count). The third kappa shape index (κ3) is 7.33. The molecule has 0 spiro atoms. The minimum atomic E-state index is -2.87. The minimum absolute atomic E-state index is 0.256. The summed E-state index contributed by atoms with van der Waals surface area (Å²) in [4.78, 5) is 12.2. The summed E-state index contributed by atoms with van der Waals surface area (Å²) in [5.74, 6) is -0.256. The second kappa shape index (κ2) is 11.1. The maximum Gasteiger partial charge on any atom is 0.502 e. The van der Waals surface area contributed by atoms with E-state index in [1.54, 1.807) is 21.1 Å². The molecule has 0 aliphatic rings. The molecular formula is C15H30O5Si. The first-order chi connectivity index (χ1) is 9.96. The fraction of sp³-hybridized carbons (Fsp3) is 0.800. The molecular weight excluding hydrogens is 288 g/mol. The third-order valence-corrected chi connectivity index (χ3v) is 6.05. The van der Waals surface area contributed by atoms with Crippen molar-refractivity contribution in [2.75, 3.05) is 20.8 Å². The van der Waals surface area contributed by atoms with E-state index in [9.17, 15) is 4.79 Å². The Kier molecular flexibility index (Phi) is 10.8. The maximum absolute atomic E-state index is 12.2. The van der Waals surface area contributed by atoms with Crippen molar-refractivity contribution >= 4 is 14.6 Å². The largest absolute Gasteiger partial charge is 0.502 e. The predicted molar refractivity (Wildman–Crippen MR) is 85.0 cm³/mol. The van der Waals surface area contributed by atoms with Crippen molar-refractivity contribution in [2.24, 2.45) is 0 Å². The summed E-state index contributed by atoms with van der Waals surface area (Å²) in [5, 5.41) is 0. The number of carbonyl (C=O) groups is 1. The van der Waals surface area contributed by atoms with Gasteiger partial charge in [-0.3, -0.25) is 4.79 Å². The summed E-state index contributed by atoms with van der Waals surface area (Å²) in [6.45, 7) is 9.92. The number of carbonyl (C=O) groups excluding carboxylic acids is 1. The summed E-state index contributed by atoms with van der Waals surface area (Å²) in [6, 6.07) is 0.637. The molecule has 6 heteroatoms. The molecule has 0 saturated carbocycles. The predicted octanol–water partition coefficient (Wildman–Crippen LogP) is 3.32. The summed E-state index contributed by atoms with van der Waals surface area (Å²) in [6.07, 6.45) is 2.89. The van der Waals surface area contributed by atoms with Crippen LogP contribution in [0.25, 0.3) is 0 Å². The van der Waals surface area contributed by atoms with Crippen molar-refractivity contribution < 1.29 is 22.8 Å². The highest BCUT2D eigenvalue weighted by Crippen LogP contribution is 2.20. The van der Waals surface area contributed by atoms with Crippen molar-refractivity contribution in [3.05, 3.63) is 12.2 Å². The summed E-state index contributed by atoms with van der Waals surface area (Å²) in [7, 11) is 0.222. The highest BCUT2D eigenvalue weighted by Gasteiger charge is 2.42. The van der Waals surface area contributed by atoms with E-state index in [1.165, 1.54) is 0 Å². The van der Waals surface area contributed by atoms with Gasteiger partial charge in [0.2, 0.25) is 12.1 Å². The van der Waals surface area contributed by atoms with Gasteiger partial charge in [0.25, 0.3) is 0 Å². The first kappa shape index (κ1) is 20.5. The average Bonchev–Trinajstić information content (AvgIpc) is 2.48. The zero-order valence-electron chi connectivity index (χ0n) is 14.1. The van der Waals surface area contributed by atoms with Gasteiger partial charge >= 0.3 is 8.80 Å². The lowest BCUT2D eigenvalue weighted by Gasteiger charge is -2.30. The van der Waals surface area contributed by atoms with Crippen LogP contribution in [0.15, 0.2) is 12.2 Å². The maximum atomic E-state index is 12.2. The molecule has 0 aromatic carbocycles. The summed E-state index contributed by atoms with van der Waals surface area (Å²) in [5.41, 5.74) is 0.405. The molecule has 0 aliphatic carbocycles. The standard InChI is InChI=1S/C15H30O5Si/c1-7-9-10-11-19-15(14(16)13(3)4)20-21(17-5,18-6)12-8-2/h15H,3,7-12H2,1-2,4-6H3. The Morgan fingerprint density at radius 1 is 1.14 bits per heavy atom. The average molecular weight is 318 g/mol. The lowest BCUT2D eigenvalue weighted by Crippen LogP contribution is -2.49. The lowest BCUT2D eigenvalue weighted by atomic mass is 10.2. The van der Waals surface area contributed by atoms with Crippen molar-refractivity contribution in [3.63, 3.8) is 0 Å². The molecule has 0 N–H and O–H groups in total. The van der Waals surface area contributed by atoms with Gasteiger partial charge in [-0.2, -0.15) is 0 Å². The van der Waals surface area contributed by atoms with Gasteiger partial charge in [-0.1, -0.05) is 39.7 Å². The number of hydrogen-bond acceptors (Lipinski definition) is 5.